The van der Waals surface area contributed by atoms with Crippen LogP contribution in [0.5, 0.6) is 0 Å². The van der Waals surface area contributed by atoms with Gasteiger partial charge in [0.2, 0.25) is 0 Å². The van der Waals surface area contributed by atoms with Crippen LogP contribution >= 0.6 is 0 Å². The third kappa shape index (κ3) is 3.67. The van der Waals surface area contributed by atoms with Crippen molar-refractivity contribution < 1.29 is 4.39 Å². The largest absolute Gasteiger partial charge is 0.310 e. The zero-order valence-electron chi connectivity index (χ0n) is 15.6. The lowest BCUT2D eigenvalue weighted by molar-refractivity contribution is 0.0766. The second-order valence-corrected chi connectivity index (χ2v) is 7.76. The average molecular weight is 357 g/mol. The summed E-state index contributed by atoms with van der Waals surface area (Å²) in [7, 11) is 2.04. The number of piperidine rings is 1. The topological polar surface area (TPSA) is 46.0 Å². The van der Waals surface area contributed by atoms with E-state index in [1.165, 1.54) is 44.1 Å². The monoisotopic (exact) mass is 357 g/mol. The molecule has 1 aliphatic heterocycles. The summed E-state index contributed by atoms with van der Waals surface area (Å²) in [6.45, 7) is 4.17. The van der Waals surface area contributed by atoms with Crippen molar-refractivity contribution in [1.82, 2.24) is 25.0 Å². The van der Waals surface area contributed by atoms with Crippen molar-refractivity contribution in [2.75, 3.05) is 13.1 Å². The molecular weight excluding hydrogens is 329 g/mol. The highest BCUT2D eigenvalue weighted by Gasteiger charge is 2.41. The minimum atomic E-state index is -0.276. The molecule has 0 bridgehead atoms. The summed E-state index contributed by atoms with van der Waals surface area (Å²) >= 11 is 0. The molecular formula is C20H28FN5. The van der Waals surface area contributed by atoms with E-state index in [0.29, 0.717) is 12.0 Å². The van der Waals surface area contributed by atoms with Crippen molar-refractivity contribution in [2.45, 2.75) is 50.7 Å². The summed E-state index contributed by atoms with van der Waals surface area (Å²) < 4.78 is 15.5. The van der Waals surface area contributed by atoms with Crippen LogP contribution < -0.4 is 5.32 Å². The van der Waals surface area contributed by atoms with Crippen molar-refractivity contribution in [3.63, 3.8) is 0 Å². The molecule has 4 rings (SSSR count). The lowest BCUT2D eigenvalue weighted by Gasteiger charge is -2.42. The van der Waals surface area contributed by atoms with Gasteiger partial charge < -0.3 is 5.32 Å². The minimum Gasteiger partial charge on any atom is -0.310 e. The Morgan fingerprint density at radius 1 is 1.31 bits per heavy atom. The van der Waals surface area contributed by atoms with Crippen molar-refractivity contribution in [3.8, 4) is 0 Å². The fourth-order valence-electron chi connectivity index (χ4n) is 4.33. The van der Waals surface area contributed by atoms with Gasteiger partial charge in [0, 0.05) is 38.1 Å². The van der Waals surface area contributed by atoms with E-state index < -0.39 is 0 Å². The molecule has 0 spiro atoms. The number of aryl methyl sites for hydroxylation is 1. The summed E-state index contributed by atoms with van der Waals surface area (Å²) in [5.74, 6) is 0.255. The molecule has 26 heavy (non-hydrogen) atoms. The lowest BCUT2D eigenvalue weighted by Crippen LogP contribution is -2.44. The first-order valence-corrected chi connectivity index (χ1v) is 9.71. The highest BCUT2D eigenvalue weighted by Crippen LogP contribution is 2.42. The van der Waals surface area contributed by atoms with Crippen LogP contribution in [0.4, 0.5) is 4.39 Å². The summed E-state index contributed by atoms with van der Waals surface area (Å²) in [6.07, 6.45) is 9.99. The van der Waals surface area contributed by atoms with Gasteiger partial charge in [-0.1, -0.05) is 0 Å². The lowest BCUT2D eigenvalue weighted by atomic mass is 9.86. The van der Waals surface area contributed by atoms with E-state index in [1.54, 1.807) is 12.3 Å². The average Bonchev–Trinajstić information content (AvgIpc) is 3.41. The molecule has 0 amide bonds. The van der Waals surface area contributed by atoms with E-state index in [-0.39, 0.29) is 11.9 Å². The van der Waals surface area contributed by atoms with Crippen molar-refractivity contribution in [1.29, 1.82) is 0 Å². The van der Waals surface area contributed by atoms with Gasteiger partial charge >= 0.3 is 0 Å². The minimum absolute atomic E-state index is 0.0849. The Kier molecular flexibility index (Phi) is 5.05. The molecule has 2 aliphatic rings. The van der Waals surface area contributed by atoms with Gasteiger partial charge in [0.15, 0.2) is 0 Å². The van der Waals surface area contributed by atoms with Gasteiger partial charge in [-0.05, 0) is 62.8 Å². The van der Waals surface area contributed by atoms with Gasteiger partial charge in [-0.3, -0.25) is 14.6 Å². The molecule has 6 heteroatoms. The van der Waals surface area contributed by atoms with Crippen molar-refractivity contribution in [3.05, 3.63) is 47.8 Å². The Balaban J connectivity index is 1.49. The second-order valence-electron chi connectivity index (χ2n) is 7.76. The van der Waals surface area contributed by atoms with E-state index in [2.05, 4.69) is 33.3 Å². The third-order valence-corrected chi connectivity index (χ3v) is 5.89. The fourth-order valence-corrected chi connectivity index (χ4v) is 4.33. The quantitative estimate of drug-likeness (QED) is 0.862. The molecule has 3 atom stereocenters. The standard InChI is InChI=1S/C20H28FN5/c1-14(16-10-17(21)13-22-11-16)23-12-15-4-3-9-26(18-5-6-18)20(15)19-7-8-24-25(19)2/h7-8,10-11,13-15,18,20,23H,3-6,9,12H2,1-2H3/t14-,15-,20+/m0/s1. The Bertz CT molecular complexity index is 741. The molecule has 0 radical (unpaired) electrons. The number of nitrogens with one attached hydrogen (secondary N) is 1. The van der Waals surface area contributed by atoms with Gasteiger partial charge in [0.05, 0.1) is 17.9 Å². The van der Waals surface area contributed by atoms with E-state index >= 15 is 0 Å². The predicted molar refractivity (Wildman–Crippen MR) is 99.0 cm³/mol. The summed E-state index contributed by atoms with van der Waals surface area (Å²) in [6, 6.07) is 4.97. The zero-order valence-corrected chi connectivity index (χ0v) is 15.6. The van der Waals surface area contributed by atoms with Crippen LogP contribution in [0.1, 0.15) is 55.9 Å². The molecule has 1 aliphatic carbocycles. The first-order chi connectivity index (χ1) is 12.6. The SMILES string of the molecule is C[C@H](NC[C@@H]1CCCN(C2CC2)[C@H]1c1ccnn1C)c1cncc(F)c1. The highest BCUT2D eigenvalue weighted by molar-refractivity contribution is 5.15. The van der Waals surface area contributed by atoms with E-state index in [4.69, 9.17) is 0 Å². The Morgan fingerprint density at radius 2 is 2.15 bits per heavy atom. The summed E-state index contributed by atoms with van der Waals surface area (Å²) in [5.41, 5.74) is 2.21. The van der Waals surface area contributed by atoms with Crippen LogP contribution in [-0.2, 0) is 7.05 Å². The van der Waals surface area contributed by atoms with Crippen LogP contribution in [0.3, 0.4) is 0 Å². The third-order valence-electron chi connectivity index (χ3n) is 5.89. The Morgan fingerprint density at radius 3 is 2.85 bits per heavy atom. The van der Waals surface area contributed by atoms with Crippen LogP contribution in [0.25, 0.3) is 0 Å². The number of hydrogen-bond donors (Lipinski definition) is 1. The molecule has 2 aromatic heterocycles. The van der Waals surface area contributed by atoms with Crippen molar-refractivity contribution >= 4 is 0 Å². The smallest absolute Gasteiger partial charge is 0.141 e. The molecule has 3 heterocycles. The van der Waals surface area contributed by atoms with E-state index in [9.17, 15) is 4.39 Å². The number of halogens is 1. The van der Waals surface area contributed by atoms with Gasteiger partial charge in [-0.25, -0.2) is 4.39 Å². The molecule has 0 aromatic carbocycles. The Labute approximate surface area is 154 Å². The maximum atomic E-state index is 13.5. The molecule has 140 valence electrons. The second kappa shape index (κ2) is 7.45. The molecule has 1 N–H and O–H groups in total. The van der Waals surface area contributed by atoms with E-state index in [1.807, 2.05) is 17.9 Å². The number of nitrogens with zero attached hydrogens (tertiary/aromatic N) is 4. The highest BCUT2D eigenvalue weighted by atomic mass is 19.1. The summed E-state index contributed by atoms with van der Waals surface area (Å²) in [5, 5.41) is 8.04. The number of rotatable bonds is 6. The maximum absolute atomic E-state index is 13.5. The van der Waals surface area contributed by atoms with Gasteiger partial charge in [0.1, 0.15) is 5.82 Å². The molecule has 2 aromatic rings. The van der Waals surface area contributed by atoms with Crippen LogP contribution in [0.15, 0.2) is 30.7 Å². The van der Waals surface area contributed by atoms with Gasteiger partial charge in [0.25, 0.3) is 0 Å². The normalized spacial score (nSPS) is 25.3. The maximum Gasteiger partial charge on any atom is 0.141 e. The molecule has 2 fully saturated rings. The number of pyridine rings is 1. The van der Waals surface area contributed by atoms with Gasteiger partial charge in [-0.2, -0.15) is 5.10 Å². The first kappa shape index (κ1) is 17.6. The number of hydrogen-bond acceptors (Lipinski definition) is 4. The van der Waals surface area contributed by atoms with Crippen molar-refractivity contribution in [2.24, 2.45) is 13.0 Å². The number of likely N-dealkylation sites (tertiary alicyclic amines) is 1. The number of aromatic nitrogens is 3. The fraction of sp³-hybridized carbons (Fsp3) is 0.600. The Hall–Kier alpha value is -1.79. The summed E-state index contributed by atoms with van der Waals surface area (Å²) in [4.78, 5) is 6.67. The zero-order chi connectivity index (χ0) is 18.1. The van der Waals surface area contributed by atoms with E-state index in [0.717, 1.165) is 18.2 Å². The molecule has 1 saturated heterocycles. The first-order valence-electron chi connectivity index (χ1n) is 9.71. The molecule has 5 nitrogen and oxygen atoms in total. The van der Waals surface area contributed by atoms with Crippen LogP contribution in [0.2, 0.25) is 0 Å². The predicted octanol–water partition coefficient (Wildman–Crippen LogP) is 3.22. The molecule has 1 saturated carbocycles. The van der Waals surface area contributed by atoms with Crippen LogP contribution in [-0.4, -0.2) is 38.8 Å². The molecule has 0 unspecified atom stereocenters. The van der Waals surface area contributed by atoms with Crippen LogP contribution in [0, 0.1) is 11.7 Å². The van der Waals surface area contributed by atoms with Gasteiger partial charge in [-0.15, -0.1) is 0 Å².